The second-order valence-corrected chi connectivity index (χ2v) is 10.8. The standard InChI is InChI=1S/2C15H25O.2ClH.Ti/c2*1-15(2,3)16-13-9-5-4-6-10-14-11-7-8-12-14;;;/h2*7-8,11-12H,4-6,9-10,13H2,1-3H3;2*1H;/q2*-1;;;+4/p-2. The van der Waals surface area contributed by atoms with E-state index in [1.165, 1.54) is 75.3 Å². The van der Waals surface area contributed by atoms with Gasteiger partial charge < -0.3 is 34.3 Å². The summed E-state index contributed by atoms with van der Waals surface area (Å²) in [6, 6.07) is 17.3. The van der Waals surface area contributed by atoms with E-state index in [1.54, 1.807) is 0 Å². The monoisotopic (exact) mass is 560 g/mol. The first-order valence-electron chi connectivity index (χ1n) is 12.8. The van der Waals surface area contributed by atoms with Crippen molar-refractivity contribution in [2.45, 2.75) is 117 Å². The van der Waals surface area contributed by atoms with E-state index < -0.39 is 0 Å². The minimum absolute atomic E-state index is 0. The van der Waals surface area contributed by atoms with E-state index in [4.69, 9.17) is 9.47 Å². The van der Waals surface area contributed by atoms with Crippen LogP contribution < -0.4 is 24.8 Å². The number of rotatable bonds is 14. The Morgan fingerprint density at radius 3 is 1.20 bits per heavy atom. The Morgan fingerprint density at radius 1 is 0.571 bits per heavy atom. The minimum Gasteiger partial charge on any atom is -1.00 e. The van der Waals surface area contributed by atoms with E-state index in [1.807, 2.05) is 0 Å². The van der Waals surface area contributed by atoms with Crippen LogP contribution in [0.1, 0.15) is 104 Å². The fourth-order valence-corrected chi connectivity index (χ4v) is 3.49. The van der Waals surface area contributed by atoms with Crippen LogP contribution in [0.5, 0.6) is 0 Å². The third kappa shape index (κ3) is 26.8. The Bertz CT molecular complexity index is 583. The molecular formula is C30H50Cl2O2Ti. The van der Waals surface area contributed by atoms with Crippen molar-refractivity contribution in [3.8, 4) is 0 Å². The van der Waals surface area contributed by atoms with E-state index in [2.05, 4.69) is 90.1 Å². The summed E-state index contributed by atoms with van der Waals surface area (Å²) in [4.78, 5) is 0. The number of hydrogen-bond donors (Lipinski definition) is 0. The van der Waals surface area contributed by atoms with Gasteiger partial charge >= 0.3 is 21.7 Å². The molecule has 2 nitrogen and oxygen atoms in total. The van der Waals surface area contributed by atoms with Gasteiger partial charge in [0.15, 0.2) is 0 Å². The predicted molar refractivity (Wildman–Crippen MR) is 140 cm³/mol. The van der Waals surface area contributed by atoms with E-state index in [0.29, 0.717) is 0 Å². The maximum Gasteiger partial charge on any atom is 4.00 e. The molecule has 200 valence electrons. The molecule has 0 unspecified atom stereocenters. The first kappa shape index (κ1) is 39.4. The van der Waals surface area contributed by atoms with Gasteiger partial charge in [0, 0.05) is 13.2 Å². The number of halogens is 2. The van der Waals surface area contributed by atoms with Crippen molar-refractivity contribution < 1.29 is 56.0 Å². The molecular weight excluding hydrogens is 511 g/mol. The first-order chi connectivity index (χ1) is 15.2. The van der Waals surface area contributed by atoms with Crippen LogP contribution in [-0.4, -0.2) is 24.4 Å². The molecule has 0 spiro atoms. The smallest absolute Gasteiger partial charge is 1.00 e. The van der Waals surface area contributed by atoms with Gasteiger partial charge in [0.1, 0.15) is 0 Å². The van der Waals surface area contributed by atoms with Crippen LogP contribution in [0.15, 0.2) is 48.5 Å². The van der Waals surface area contributed by atoms with Crippen molar-refractivity contribution in [3.63, 3.8) is 0 Å². The Hall–Kier alpha value is -0.0857. The van der Waals surface area contributed by atoms with Gasteiger partial charge in [-0.25, -0.2) is 24.3 Å². The summed E-state index contributed by atoms with van der Waals surface area (Å²) in [6.45, 7) is 14.5. The summed E-state index contributed by atoms with van der Waals surface area (Å²) >= 11 is 0. The molecule has 0 atom stereocenters. The minimum atomic E-state index is 0. The molecule has 0 amide bonds. The molecule has 0 aliphatic carbocycles. The number of aryl methyl sites for hydroxylation is 2. The number of hydrogen-bond acceptors (Lipinski definition) is 2. The number of unbranched alkanes of at least 4 members (excludes halogenated alkanes) is 6. The first-order valence-corrected chi connectivity index (χ1v) is 12.8. The molecule has 35 heavy (non-hydrogen) atoms. The van der Waals surface area contributed by atoms with Gasteiger partial charge in [0.25, 0.3) is 0 Å². The molecule has 0 aliphatic heterocycles. The van der Waals surface area contributed by atoms with Crippen LogP contribution in [0.4, 0.5) is 0 Å². The SMILES string of the molecule is CC(C)(C)OCCCCCCc1ccc[cH-]1.CC(C)(C)OCCCCCCc1ccc[cH-]1.[Cl-].[Cl-].[Ti+4]. The predicted octanol–water partition coefficient (Wildman–Crippen LogP) is 2.65. The summed E-state index contributed by atoms with van der Waals surface area (Å²) in [5, 5.41) is 0. The summed E-state index contributed by atoms with van der Waals surface area (Å²) < 4.78 is 11.4. The molecule has 0 aromatic heterocycles. The van der Waals surface area contributed by atoms with Gasteiger partial charge in [-0.1, -0.05) is 51.4 Å². The molecule has 0 bridgehead atoms. The average Bonchev–Trinajstić information content (AvgIpc) is 3.39. The van der Waals surface area contributed by atoms with Crippen LogP contribution in [0.25, 0.3) is 0 Å². The van der Waals surface area contributed by atoms with Crippen molar-refractivity contribution in [3.05, 3.63) is 59.7 Å². The topological polar surface area (TPSA) is 18.5 Å². The molecule has 0 aliphatic rings. The third-order valence-electron chi connectivity index (χ3n) is 5.25. The summed E-state index contributed by atoms with van der Waals surface area (Å²) in [6.07, 6.45) is 12.7. The van der Waals surface area contributed by atoms with Gasteiger partial charge in [-0.15, -0.1) is 0 Å². The summed E-state index contributed by atoms with van der Waals surface area (Å²) in [7, 11) is 0. The summed E-state index contributed by atoms with van der Waals surface area (Å²) in [5.41, 5.74) is 3.00. The van der Waals surface area contributed by atoms with Crippen molar-refractivity contribution in [1.29, 1.82) is 0 Å². The zero-order valence-corrected chi connectivity index (χ0v) is 26.2. The molecule has 0 fully saturated rings. The Labute approximate surface area is 244 Å². The quantitative estimate of drug-likeness (QED) is 0.201. The van der Waals surface area contributed by atoms with E-state index in [0.717, 1.165) is 13.2 Å². The van der Waals surface area contributed by atoms with Crippen molar-refractivity contribution in [2.75, 3.05) is 13.2 Å². The molecule has 2 rings (SSSR count). The molecule has 2 aromatic rings. The second kappa shape index (κ2) is 23.1. The van der Waals surface area contributed by atoms with Crippen LogP contribution in [0, 0.1) is 0 Å². The van der Waals surface area contributed by atoms with Crippen molar-refractivity contribution in [1.82, 2.24) is 0 Å². The zero-order valence-electron chi connectivity index (χ0n) is 23.2. The van der Waals surface area contributed by atoms with Gasteiger partial charge in [0.05, 0.1) is 11.2 Å². The normalized spacial score (nSPS) is 10.9. The largest absolute Gasteiger partial charge is 4.00 e. The Balaban J connectivity index is -0.000000539. The molecule has 0 saturated carbocycles. The van der Waals surface area contributed by atoms with Crippen molar-refractivity contribution in [2.24, 2.45) is 0 Å². The average molecular weight is 562 g/mol. The fraction of sp³-hybridized carbons (Fsp3) is 0.667. The van der Waals surface area contributed by atoms with E-state index in [9.17, 15) is 0 Å². The maximum atomic E-state index is 5.68. The molecule has 0 saturated heterocycles. The summed E-state index contributed by atoms with van der Waals surface area (Å²) in [5.74, 6) is 0. The van der Waals surface area contributed by atoms with Gasteiger partial charge in [-0.3, -0.25) is 0 Å². The van der Waals surface area contributed by atoms with Crippen LogP contribution in [-0.2, 0) is 44.0 Å². The van der Waals surface area contributed by atoms with Gasteiger partial charge in [-0.05, 0) is 54.4 Å². The zero-order chi connectivity index (χ0) is 23.7. The van der Waals surface area contributed by atoms with Crippen LogP contribution >= 0.6 is 0 Å². The van der Waals surface area contributed by atoms with E-state index >= 15 is 0 Å². The number of ether oxygens (including phenoxy) is 2. The van der Waals surface area contributed by atoms with Gasteiger partial charge in [0.2, 0.25) is 0 Å². The Morgan fingerprint density at radius 2 is 0.914 bits per heavy atom. The van der Waals surface area contributed by atoms with Crippen LogP contribution in [0.3, 0.4) is 0 Å². The molecule has 0 heterocycles. The Kier molecular flexibility index (Phi) is 26.0. The molecule has 0 radical (unpaired) electrons. The van der Waals surface area contributed by atoms with Gasteiger partial charge in [-0.2, -0.15) is 35.4 Å². The van der Waals surface area contributed by atoms with Crippen LogP contribution in [0.2, 0.25) is 0 Å². The maximum absolute atomic E-state index is 5.68. The second-order valence-electron chi connectivity index (χ2n) is 10.8. The van der Waals surface area contributed by atoms with Crippen molar-refractivity contribution >= 4 is 0 Å². The molecule has 5 heteroatoms. The molecule has 2 aromatic carbocycles. The molecule has 0 N–H and O–H groups in total. The third-order valence-corrected chi connectivity index (χ3v) is 5.25. The fourth-order valence-electron chi connectivity index (χ4n) is 3.49. The van der Waals surface area contributed by atoms with E-state index in [-0.39, 0.29) is 57.7 Å².